The molecule has 2 nitrogen and oxygen atoms in total. The fraction of sp³-hybridized carbons (Fsp3) is 0.684. The van der Waals surface area contributed by atoms with Crippen LogP contribution < -0.4 is 17.5 Å². The monoisotopic (exact) mass is 426 g/mol. The van der Waals surface area contributed by atoms with Gasteiger partial charge < -0.3 is 22.8 Å². The van der Waals surface area contributed by atoms with Crippen molar-refractivity contribution in [2.75, 3.05) is 7.05 Å². The zero-order chi connectivity index (χ0) is 16.2. The molecule has 1 aromatic rings. The van der Waals surface area contributed by atoms with Gasteiger partial charge in [0, 0.05) is 0 Å². The molecular formula is C19H31ClNORu. The van der Waals surface area contributed by atoms with Crippen LogP contribution >= 0.6 is 0 Å². The molecule has 2 rings (SSSR count). The molecule has 1 aromatic carbocycles. The van der Waals surface area contributed by atoms with Crippen LogP contribution in [0.1, 0.15) is 59.1 Å². The third kappa shape index (κ3) is 6.46. The quantitative estimate of drug-likeness (QED) is 0.623. The van der Waals surface area contributed by atoms with Crippen LogP contribution in [0.5, 0.6) is 0 Å². The molecule has 0 unspecified atom stereocenters. The van der Waals surface area contributed by atoms with Gasteiger partial charge >= 0.3 is 19.5 Å². The van der Waals surface area contributed by atoms with E-state index < -0.39 is 6.10 Å². The van der Waals surface area contributed by atoms with Gasteiger partial charge in [0.25, 0.3) is 0 Å². The van der Waals surface area contributed by atoms with E-state index >= 15 is 0 Å². The molecule has 1 radical (unpaired) electrons. The second-order valence-electron chi connectivity index (χ2n) is 6.40. The van der Waals surface area contributed by atoms with Gasteiger partial charge in [-0.1, -0.05) is 25.7 Å². The Kier molecular flexibility index (Phi) is 12.7. The van der Waals surface area contributed by atoms with E-state index in [2.05, 4.69) is 46.9 Å². The summed E-state index contributed by atoms with van der Waals surface area (Å²) in [6, 6.07) is 0.124. The van der Waals surface area contributed by atoms with Crippen molar-refractivity contribution in [3.05, 3.63) is 38.7 Å². The van der Waals surface area contributed by atoms with Crippen molar-refractivity contribution in [2.45, 2.75) is 79.4 Å². The maximum absolute atomic E-state index is 11.0. The zero-order valence-corrected chi connectivity index (χ0v) is 18.1. The van der Waals surface area contributed by atoms with Crippen molar-refractivity contribution >= 4 is 0 Å². The molecule has 0 aromatic heterocycles. The van der Waals surface area contributed by atoms with Gasteiger partial charge in [0.2, 0.25) is 0 Å². The molecule has 0 N–H and O–H groups in total. The fourth-order valence-corrected chi connectivity index (χ4v) is 3.06. The number of benzene rings is 1. The van der Waals surface area contributed by atoms with Gasteiger partial charge in [0.15, 0.2) is 0 Å². The first kappa shape index (κ1) is 25.3. The van der Waals surface area contributed by atoms with E-state index in [9.17, 15) is 5.11 Å². The van der Waals surface area contributed by atoms with Gasteiger partial charge in [-0.3, -0.25) is 0 Å². The standard InChI is InChI=1S/C12H18.C7H13NO.ClH.Ru/c1-7-8(2)10(4)12(6)11(5)9(7)3;1-8-6-4-2-3-5-7(6)9;;/h1-6H3;6-7H,2-5H2,1H3;1H;/q;-2;;+3/p-1/t;6-,7-;;/m.1../s1. The van der Waals surface area contributed by atoms with Gasteiger partial charge in [-0.25, -0.2) is 0 Å². The molecule has 1 aliphatic rings. The van der Waals surface area contributed by atoms with E-state index in [0.717, 1.165) is 19.3 Å². The minimum atomic E-state index is -0.399. The topological polar surface area (TPSA) is 37.2 Å². The van der Waals surface area contributed by atoms with Crippen molar-refractivity contribution in [2.24, 2.45) is 0 Å². The van der Waals surface area contributed by atoms with Gasteiger partial charge in [-0.2, -0.15) is 7.05 Å². The van der Waals surface area contributed by atoms with Crippen molar-refractivity contribution in [3.8, 4) is 0 Å². The summed E-state index contributed by atoms with van der Waals surface area (Å²) in [5.74, 6) is 0. The average molecular weight is 426 g/mol. The minimum Gasteiger partial charge on any atom is -1.00 e. The normalized spacial score (nSPS) is 19.8. The van der Waals surface area contributed by atoms with E-state index in [1.54, 1.807) is 7.05 Å². The van der Waals surface area contributed by atoms with E-state index in [0.29, 0.717) is 0 Å². The number of hydrogen-bond acceptors (Lipinski definition) is 1. The summed E-state index contributed by atoms with van der Waals surface area (Å²) in [7, 11) is 1.75. The molecule has 2 atom stereocenters. The summed E-state index contributed by atoms with van der Waals surface area (Å²) in [6.07, 6.45) is 3.76. The van der Waals surface area contributed by atoms with Crippen molar-refractivity contribution < 1.29 is 37.0 Å². The molecule has 4 heteroatoms. The van der Waals surface area contributed by atoms with Crippen LogP contribution in [0.4, 0.5) is 0 Å². The van der Waals surface area contributed by atoms with E-state index in [1.165, 1.54) is 39.8 Å². The maximum Gasteiger partial charge on any atom is 3.00 e. The predicted molar refractivity (Wildman–Crippen MR) is 90.2 cm³/mol. The number of halogens is 1. The Morgan fingerprint density at radius 3 is 1.26 bits per heavy atom. The summed E-state index contributed by atoms with van der Waals surface area (Å²) >= 11 is 0. The number of hydrogen-bond donors (Lipinski definition) is 0. The van der Waals surface area contributed by atoms with Gasteiger partial charge in [0.05, 0.1) is 0 Å². The van der Waals surface area contributed by atoms with Crippen LogP contribution in [0.3, 0.4) is 0 Å². The Hall–Kier alpha value is 0.0534. The molecule has 1 aliphatic carbocycles. The number of likely N-dealkylation sites (N-methyl/N-ethyl adjacent to an activating group) is 1. The second kappa shape index (κ2) is 11.6. The maximum atomic E-state index is 11.0. The van der Waals surface area contributed by atoms with Gasteiger partial charge in [-0.15, -0.1) is 12.1 Å². The third-order valence-corrected chi connectivity index (χ3v) is 5.37. The summed E-state index contributed by atoms with van der Waals surface area (Å²) < 4.78 is 0. The summed E-state index contributed by atoms with van der Waals surface area (Å²) in [4.78, 5) is 0. The molecule has 0 amide bonds. The first-order valence-electron chi connectivity index (χ1n) is 8.09. The van der Waals surface area contributed by atoms with Crippen LogP contribution in [0.25, 0.3) is 5.32 Å². The Labute approximate surface area is 162 Å². The number of rotatable bonds is 1. The van der Waals surface area contributed by atoms with Crippen LogP contribution in [0.2, 0.25) is 0 Å². The van der Waals surface area contributed by atoms with Crippen molar-refractivity contribution in [1.82, 2.24) is 0 Å². The van der Waals surface area contributed by atoms with Crippen molar-refractivity contribution in [1.29, 1.82) is 0 Å². The Bertz CT molecular complexity index is 386. The van der Waals surface area contributed by atoms with Gasteiger partial charge in [0.1, 0.15) is 0 Å². The average Bonchev–Trinajstić information content (AvgIpc) is 2.50. The summed E-state index contributed by atoms with van der Waals surface area (Å²) in [6.45, 7) is 13.3. The Morgan fingerprint density at radius 2 is 1.04 bits per heavy atom. The molecule has 0 bridgehead atoms. The molecule has 1 fully saturated rings. The fourth-order valence-electron chi connectivity index (χ4n) is 3.06. The Morgan fingerprint density at radius 1 is 0.739 bits per heavy atom. The van der Waals surface area contributed by atoms with Crippen LogP contribution in [-0.2, 0) is 19.5 Å². The molecule has 0 spiro atoms. The predicted octanol–water partition coefficient (Wildman–Crippen LogP) is 1.20. The largest absolute Gasteiger partial charge is 3.00 e. The first-order chi connectivity index (χ1) is 9.81. The molecular weight excluding hydrogens is 395 g/mol. The second-order valence-corrected chi connectivity index (χ2v) is 6.40. The molecule has 23 heavy (non-hydrogen) atoms. The molecule has 133 valence electrons. The first-order valence-corrected chi connectivity index (χ1v) is 8.09. The number of nitrogens with zero attached hydrogens (tertiary/aromatic N) is 1. The van der Waals surface area contributed by atoms with Crippen LogP contribution in [0, 0.1) is 41.5 Å². The Balaban J connectivity index is 0. The molecule has 1 saturated carbocycles. The van der Waals surface area contributed by atoms with E-state index in [1.807, 2.05) is 0 Å². The van der Waals surface area contributed by atoms with Crippen molar-refractivity contribution in [3.63, 3.8) is 0 Å². The van der Waals surface area contributed by atoms with Crippen LogP contribution in [0.15, 0.2) is 0 Å². The van der Waals surface area contributed by atoms with E-state index in [4.69, 9.17) is 0 Å². The SMILES string of the molecule is C[N-][C@@H]1CCCC[C@H]1[O-].Cc1c(C)c(C)c(C)c(C)c1C.[Cl-].[Ru+3]. The third-order valence-electron chi connectivity index (χ3n) is 5.37. The van der Waals surface area contributed by atoms with Crippen LogP contribution in [-0.4, -0.2) is 19.2 Å². The van der Waals surface area contributed by atoms with Gasteiger partial charge in [-0.05, 0) is 74.9 Å². The minimum absolute atomic E-state index is 0. The molecule has 0 aliphatic heterocycles. The summed E-state index contributed by atoms with van der Waals surface area (Å²) in [5.41, 5.74) is 8.73. The molecule has 0 heterocycles. The summed E-state index contributed by atoms with van der Waals surface area (Å²) in [5, 5.41) is 15.0. The smallest absolute Gasteiger partial charge is 1.00 e. The molecule has 0 saturated heterocycles. The zero-order valence-electron chi connectivity index (χ0n) is 15.6. The van der Waals surface area contributed by atoms with E-state index in [-0.39, 0.29) is 37.9 Å².